The lowest BCUT2D eigenvalue weighted by Crippen LogP contribution is -2.49. The molecule has 15 heavy (non-hydrogen) atoms. The maximum Gasteiger partial charge on any atom is 0.225 e. The molecule has 2 heteroatoms. The molecule has 1 amide bonds. The lowest BCUT2D eigenvalue weighted by atomic mass is 9.81. The van der Waals surface area contributed by atoms with Gasteiger partial charge in [-0.2, -0.15) is 0 Å². The average molecular weight is 213 g/mol. The molecule has 0 aromatic carbocycles. The van der Waals surface area contributed by atoms with Gasteiger partial charge in [-0.15, -0.1) is 0 Å². The van der Waals surface area contributed by atoms with E-state index in [0.29, 0.717) is 0 Å². The van der Waals surface area contributed by atoms with Gasteiger partial charge in [-0.1, -0.05) is 41.5 Å². The van der Waals surface area contributed by atoms with Gasteiger partial charge in [0.05, 0.1) is 0 Å². The minimum absolute atomic E-state index is 0.122. The second-order valence-electron chi connectivity index (χ2n) is 7.33. The molecule has 0 aliphatic carbocycles. The molecule has 0 aromatic rings. The molecule has 0 rings (SSSR count). The fourth-order valence-corrected chi connectivity index (χ4v) is 1.86. The molecule has 0 aromatic heterocycles. The van der Waals surface area contributed by atoms with Crippen LogP contribution in [0.3, 0.4) is 0 Å². The molecule has 0 saturated heterocycles. The van der Waals surface area contributed by atoms with E-state index in [1.54, 1.807) is 0 Å². The molecule has 0 fully saturated rings. The Bertz CT molecular complexity index is 228. The Morgan fingerprint density at radius 3 is 1.60 bits per heavy atom. The Labute approximate surface area is 94.8 Å². The Hall–Kier alpha value is -0.530. The zero-order valence-electron chi connectivity index (χ0n) is 11.6. The van der Waals surface area contributed by atoms with E-state index < -0.39 is 0 Å². The SMILES string of the molecule is CC(C)(C)CC(C)(C)NC(=O)C(C)(C)C. The van der Waals surface area contributed by atoms with E-state index in [9.17, 15) is 4.79 Å². The highest BCUT2D eigenvalue weighted by molar-refractivity contribution is 5.81. The van der Waals surface area contributed by atoms with Crippen molar-refractivity contribution >= 4 is 5.91 Å². The predicted octanol–water partition coefficient (Wildman–Crippen LogP) is 3.36. The van der Waals surface area contributed by atoms with E-state index in [4.69, 9.17) is 0 Å². The minimum Gasteiger partial charge on any atom is -0.351 e. The second kappa shape index (κ2) is 4.15. The second-order valence-corrected chi connectivity index (χ2v) is 7.33. The molecule has 0 atom stereocenters. The average Bonchev–Trinajstić information content (AvgIpc) is 1.76. The third kappa shape index (κ3) is 6.53. The Kier molecular flexibility index (Phi) is 4.00. The van der Waals surface area contributed by atoms with Gasteiger partial charge in [0.15, 0.2) is 0 Å². The van der Waals surface area contributed by atoms with Crippen molar-refractivity contribution in [1.29, 1.82) is 0 Å². The molecule has 0 heterocycles. The van der Waals surface area contributed by atoms with E-state index in [1.807, 2.05) is 20.8 Å². The Morgan fingerprint density at radius 1 is 0.933 bits per heavy atom. The van der Waals surface area contributed by atoms with Gasteiger partial charge < -0.3 is 5.32 Å². The van der Waals surface area contributed by atoms with Crippen LogP contribution in [0.4, 0.5) is 0 Å². The molecule has 90 valence electrons. The highest BCUT2D eigenvalue weighted by Crippen LogP contribution is 2.27. The van der Waals surface area contributed by atoms with Crippen LogP contribution in [0.5, 0.6) is 0 Å². The summed E-state index contributed by atoms with van der Waals surface area (Å²) in [5, 5.41) is 3.11. The van der Waals surface area contributed by atoms with Crippen LogP contribution in [0.25, 0.3) is 0 Å². The van der Waals surface area contributed by atoms with Crippen LogP contribution in [0.15, 0.2) is 0 Å². The Morgan fingerprint density at radius 2 is 1.33 bits per heavy atom. The van der Waals surface area contributed by atoms with E-state index in [1.165, 1.54) is 0 Å². The molecule has 0 unspecified atom stereocenters. The summed E-state index contributed by atoms with van der Waals surface area (Å²) in [6.07, 6.45) is 0.974. The van der Waals surface area contributed by atoms with E-state index >= 15 is 0 Å². The summed E-state index contributed by atoms with van der Waals surface area (Å²) in [7, 11) is 0. The molecule has 0 aliphatic rings. The van der Waals surface area contributed by atoms with Gasteiger partial charge in [-0.25, -0.2) is 0 Å². The topological polar surface area (TPSA) is 29.1 Å². The first-order chi connectivity index (χ1) is 6.33. The number of carbonyl (C=O) groups is 1. The summed E-state index contributed by atoms with van der Waals surface area (Å²) < 4.78 is 0. The van der Waals surface area contributed by atoms with Crippen molar-refractivity contribution in [2.75, 3.05) is 0 Å². The van der Waals surface area contributed by atoms with E-state index in [0.717, 1.165) is 6.42 Å². The minimum atomic E-state index is -0.310. The van der Waals surface area contributed by atoms with Crippen LogP contribution in [0.2, 0.25) is 0 Å². The number of rotatable bonds is 2. The Balaban J connectivity index is 4.46. The summed E-state index contributed by atoms with van der Waals surface area (Å²) in [6.45, 7) is 16.6. The van der Waals surface area contributed by atoms with Gasteiger partial charge in [-0.05, 0) is 25.7 Å². The van der Waals surface area contributed by atoms with Crippen LogP contribution in [-0.2, 0) is 4.79 Å². The smallest absolute Gasteiger partial charge is 0.225 e. The van der Waals surface area contributed by atoms with Gasteiger partial charge in [0.25, 0.3) is 0 Å². The number of nitrogens with one attached hydrogen (secondary N) is 1. The number of carbonyl (C=O) groups excluding carboxylic acids is 1. The highest BCUT2D eigenvalue weighted by Gasteiger charge is 2.30. The highest BCUT2D eigenvalue weighted by atomic mass is 16.2. The number of amides is 1. The fourth-order valence-electron chi connectivity index (χ4n) is 1.86. The van der Waals surface area contributed by atoms with Gasteiger partial charge in [0.2, 0.25) is 5.91 Å². The molecule has 0 spiro atoms. The largest absolute Gasteiger partial charge is 0.351 e. The maximum atomic E-state index is 11.9. The van der Waals surface area contributed by atoms with Crippen molar-refractivity contribution in [3.63, 3.8) is 0 Å². The summed E-state index contributed by atoms with van der Waals surface area (Å²) in [5.41, 5.74) is -0.216. The number of hydrogen-bond donors (Lipinski definition) is 1. The molecule has 0 aliphatic heterocycles. The summed E-state index contributed by atoms with van der Waals surface area (Å²) in [4.78, 5) is 11.9. The van der Waals surface area contributed by atoms with Crippen molar-refractivity contribution in [3.05, 3.63) is 0 Å². The van der Waals surface area contributed by atoms with E-state index in [2.05, 4.69) is 39.9 Å². The third-order valence-electron chi connectivity index (χ3n) is 2.11. The first-order valence-corrected chi connectivity index (χ1v) is 5.66. The third-order valence-corrected chi connectivity index (χ3v) is 2.11. The van der Waals surface area contributed by atoms with Gasteiger partial charge >= 0.3 is 0 Å². The normalized spacial score (nSPS) is 13.9. The summed E-state index contributed by atoms with van der Waals surface area (Å²) >= 11 is 0. The summed E-state index contributed by atoms with van der Waals surface area (Å²) in [5.74, 6) is 0.122. The molecule has 0 bridgehead atoms. The molecule has 0 radical (unpaired) electrons. The first kappa shape index (κ1) is 14.5. The first-order valence-electron chi connectivity index (χ1n) is 5.66. The van der Waals surface area contributed by atoms with Crippen LogP contribution >= 0.6 is 0 Å². The van der Waals surface area contributed by atoms with Crippen molar-refractivity contribution in [1.82, 2.24) is 5.32 Å². The maximum absolute atomic E-state index is 11.9. The van der Waals surface area contributed by atoms with Gasteiger partial charge in [0.1, 0.15) is 0 Å². The molecule has 0 saturated carbocycles. The van der Waals surface area contributed by atoms with Crippen molar-refractivity contribution in [3.8, 4) is 0 Å². The van der Waals surface area contributed by atoms with Crippen LogP contribution in [0.1, 0.15) is 61.8 Å². The number of hydrogen-bond acceptors (Lipinski definition) is 1. The molecule has 2 nitrogen and oxygen atoms in total. The van der Waals surface area contributed by atoms with Crippen LogP contribution in [-0.4, -0.2) is 11.4 Å². The zero-order valence-corrected chi connectivity index (χ0v) is 11.6. The quantitative estimate of drug-likeness (QED) is 0.748. The molecular formula is C13H27NO. The lowest BCUT2D eigenvalue weighted by Gasteiger charge is -2.35. The predicted molar refractivity (Wildman–Crippen MR) is 65.7 cm³/mol. The fraction of sp³-hybridized carbons (Fsp3) is 0.923. The van der Waals surface area contributed by atoms with Crippen molar-refractivity contribution < 1.29 is 4.79 Å². The monoisotopic (exact) mass is 213 g/mol. The molecule has 1 N–H and O–H groups in total. The summed E-state index contributed by atoms with van der Waals surface area (Å²) in [6, 6.07) is 0. The van der Waals surface area contributed by atoms with Gasteiger partial charge in [-0.3, -0.25) is 4.79 Å². The lowest BCUT2D eigenvalue weighted by molar-refractivity contribution is -0.130. The van der Waals surface area contributed by atoms with Gasteiger partial charge in [0, 0.05) is 11.0 Å². The van der Waals surface area contributed by atoms with Crippen LogP contribution in [0, 0.1) is 10.8 Å². The van der Waals surface area contributed by atoms with Crippen LogP contribution < -0.4 is 5.32 Å². The van der Waals surface area contributed by atoms with Crippen molar-refractivity contribution in [2.45, 2.75) is 67.3 Å². The van der Waals surface area contributed by atoms with Crippen molar-refractivity contribution in [2.24, 2.45) is 10.8 Å². The molecular weight excluding hydrogens is 186 g/mol. The zero-order chi connectivity index (χ0) is 12.5. The standard InChI is InChI=1S/C13H27NO/c1-11(2,3)9-13(7,8)14-10(15)12(4,5)6/h9H2,1-8H3,(H,14,15). The van der Waals surface area contributed by atoms with E-state index in [-0.39, 0.29) is 22.3 Å².